The van der Waals surface area contributed by atoms with Gasteiger partial charge >= 0.3 is 5.97 Å². The first-order chi connectivity index (χ1) is 27.3. The number of cyclic esters (lactones) is 1. The number of aliphatic hydroxyl groups excluding tert-OH is 1. The number of hydrogen-bond acceptors (Lipinski definition) is 14. The summed E-state index contributed by atoms with van der Waals surface area (Å²) in [6.07, 6.45) is -5.73. The minimum Gasteiger partial charge on any atom is -0.459 e. The molecule has 60 heavy (non-hydrogen) atoms. The lowest BCUT2D eigenvalue weighted by Gasteiger charge is -2.51. The van der Waals surface area contributed by atoms with Crippen molar-refractivity contribution in [1.82, 2.24) is 4.90 Å². The number of ether oxygens (including phenoxy) is 5. The lowest BCUT2D eigenvalue weighted by Crippen LogP contribution is -2.62. The molecule has 3 aliphatic heterocycles. The number of aliphatic hydroxyl groups is 3. The van der Waals surface area contributed by atoms with Crippen molar-refractivity contribution in [2.75, 3.05) is 21.2 Å². The van der Waals surface area contributed by atoms with Crippen LogP contribution in [0.15, 0.2) is 5.16 Å². The van der Waals surface area contributed by atoms with E-state index >= 15 is 0 Å². The van der Waals surface area contributed by atoms with Crippen molar-refractivity contribution in [2.45, 2.75) is 220 Å². The SMILES string of the molecule is CCC1OC(=O)[C@H](C)C(O[C@H]2CC(C)(C)[C@@H](O[Si](C)(C)C)[C@H](C)O2)[C@H](C)[C@@H](O[C@@H]2O[C@H](C)C[C@H](N(C)C)[C@H]2O[Si](C)(C)C)[C@](C)(O)C[C@@H](C)/C(=N\OC)[C@H](C)[C@@H](O)[C@]1(C)O. The monoisotopic (exact) mass is 891 g/mol. The van der Waals surface area contributed by atoms with Gasteiger partial charge < -0.3 is 57.6 Å². The van der Waals surface area contributed by atoms with E-state index in [9.17, 15) is 20.1 Å². The van der Waals surface area contributed by atoms with E-state index in [4.69, 9.17) is 37.4 Å². The first kappa shape index (κ1) is 53.3. The summed E-state index contributed by atoms with van der Waals surface area (Å²) in [5, 5.41) is 41.1. The normalized spacial score (nSPS) is 43.7. The number of carbonyl (C=O) groups excluding carboxylic acids is 1. The number of oxime groups is 1. The first-order valence-electron chi connectivity index (χ1n) is 22.4. The van der Waals surface area contributed by atoms with E-state index in [0.717, 1.165) is 6.42 Å². The van der Waals surface area contributed by atoms with E-state index in [0.29, 0.717) is 12.1 Å². The van der Waals surface area contributed by atoms with Gasteiger partial charge in [0, 0.05) is 30.2 Å². The molecule has 0 aliphatic carbocycles. The molecule has 352 valence electrons. The Kier molecular flexibility index (Phi) is 18.2. The molecule has 3 N–H and O–H groups in total. The first-order valence-corrected chi connectivity index (χ1v) is 29.2. The Bertz CT molecular complexity index is 1420. The van der Waals surface area contributed by atoms with Gasteiger partial charge in [-0.25, -0.2) is 0 Å². The van der Waals surface area contributed by atoms with Gasteiger partial charge in [0.1, 0.15) is 24.9 Å². The Balaban J connectivity index is 2.28. The molecule has 0 aromatic heterocycles. The Labute approximate surface area is 364 Å². The third kappa shape index (κ3) is 13.3. The molecule has 3 heterocycles. The number of likely N-dealkylation sites (N-methyl/N-ethyl adjacent to an activating group) is 1. The Morgan fingerprint density at radius 2 is 1.42 bits per heavy atom. The lowest BCUT2D eigenvalue weighted by molar-refractivity contribution is -0.309. The second-order valence-corrected chi connectivity index (χ2v) is 30.6. The third-order valence-corrected chi connectivity index (χ3v) is 14.7. The fraction of sp³-hybridized carbons (Fsp3) is 0.955. The van der Waals surface area contributed by atoms with Crippen LogP contribution in [0.1, 0.15) is 102 Å². The highest BCUT2D eigenvalue weighted by Crippen LogP contribution is 2.44. The highest BCUT2D eigenvalue weighted by atomic mass is 28.4. The number of rotatable bonds is 11. The zero-order valence-corrected chi connectivity index (χ0v) is 42.9. The van der Waals surface area contributed by atoms with Crippen LogP contribution in [0, 0.1) is 29.1 Å². The zero-order valence-electron chi connectivity index (χ0n) is 40.9. The molecule has 3 aliphatic rings. The minimum absolute atomic E-state index is 0.0451. The number of esters is 1. The average Bonchev–Trinajstić information content (AvgIpc) is 3.09. The smallest absolute Gasteiger partial charge is 0.311 e. The van der Waals surface area contributed by atoms with E-state index < -0.39 is 101 Å². The largest absolute Gasteiger partial charge is 0.459 e. The van der Waals surface area contributed by atoms with E-state index in [2.05, 4.69) is 63.2 Å². The van der Waals surface area contributed by atoms with Gasteiger partial charge in [-0.15, -0.1) is 0 Å². The fourth-order valence-electron chi connectivity index (χ4n) is 9.88. The van der Waals surface area contributed by atoms with Crippen LogP contribution in [0.25, 0.3) is 0 Å². The van der Waals surface area contributed by atoms with Gasteiger partial charge in [-0.05, 0) is 113 Å². The van der Waals surface area contributed by atoms with Gasteiger partial charge in [0.2, 0.25) is 0 Å². The number of carbonyl (C=O) groups is 1. The Morgan fingerprint density at radius 3 is 1.92 bits per heavy atom. The molecule has 0 aromatic carbocycles. The van der Waals surface area contributed by atoms with Crippen LogP contribution in [0.5, 0.6) is 0 Å². The maximum atomic E-state index is 14.5. The zero-order chi connectivity index (χ0) is 46.1. The van der Waals surface area contributed by atoms with Crippen LogP contribution in [0.3, 0.4) is 0 Å². The van der Waals surface area contributed by atoms with Crippen LogP contribution >= 0.6 is 0 Å². The van der Waals surface area contributed by atoms with Crippen LogP contribution < -0.4 is 0 Å². The van der Waals surface area contributed by atoms with Crippen molar-refractivity contribution in [1.29, 1.82) is 0 Å². The number of hydrogen-bond donors (Lipinski definition) is 3. The summed E-state index contributed by atoms with van der Waals surface area (Å²) < 4.78 is 47.2. The summed E-state index contributed by atoms with van der Waals surface area (Å²) in [6.45, 7) is 33.5. The van der Waals surface area contributed by atoms with Gasteiger partial charge in [0.05, 0.1) is 53.9 Å². The minimum atomic E-state index is -2.17. The number of nitrogens with zero attached hydrogens (tertiary/aromatic N) is 2. The van der Waals surface area contributed by atoms with E-state index in [1.54, 1.807) is 27.7 Å². The molecule has 0 amide bonds. The van der Waals surface area contributed by atoms with Crippen LogP contribution in [-0.2, 0) is 42.2 Å². The van der Waals surface area contributed by atoms with Crippen molar-refractivity contribution < 1.29 is 57.5 Å². The van der Waals surface area contributed by atoms with E-state index in [1.807, 2.05) is 41.8 Å². The standard InChI is InChI=1S/C44H86N2O12Si2/c1-21-32-44(11,50)37(47)27(4)34(45-51-14)25(2)23-43(10,49)38(56-41-36(57-59(15,16)17)31(46(12)13)22-26(3)52-41)28(5)35(29(6)40(48)54-32)55-33-24-42(8,9)39(30(7)53-33)58-60(18,19)20/h25-33,35-39,41,47,49-50H,21-24H2,1-20H3/b45-34+/t25-,26-,27+,28+,29-,30+,31+,32?,33+,35?,36-,37-,38-,39+,41+,43-,44-/m1/s1. The summed E-state index contributed by atoms with van der Waals surface area (Å²) in [7, 11) is 1.36. The maximum Gasteiger partial charge on any atom is 0.311 e. The van der Waals surface area contributed by atoms with Crippen LogP contribution in [0.2, 0.25) is 39.3 Å². The Hall–Kier alpha value is -1.03. The van der Waals surface area contributed by atoms with Gasteiger partial charge in [0.15, 0.2) is 29.2 Å². The lowest BCUT2D eigenvalue weighted by atomic mass is 9.73. The van der Waals surface area contributed by atoms with Gasteiger partial charge in [0.25, 0.3) is 0 Å². The van der Waals surface area contributed by atoms with Crippen molar-refractivity contribution in [3.63, 3.8) is 0 Å². The second kappa shape index (κ2) is 20.4. The highest BCUT2D eigenvalue weighted by molar-refractivity contribution is 6.70. The molecular formula is C44H86N2O12Si2. The summed E-state index contributed by atoms with van der Waals surface area (Å²) in [5.41, 5.74) is -3.43. The van der Waals surface area contributed by atoms with Crippen LogP contribution in [0.4, 0.5) is 0 Å². The predicted octanol–water partition coefficient (Wildman–Crippen LogP) is 6.56. The van der Waals surface area contributed by atoms with Crippen molar-refractivity contribution >= 4 is 28.3 Å². The third-order valence-electron chi connectivity index (χ3n) is 12.8. The Morgan fingerprint density at radius 1 is 0.833 bits per heavy atom. The molecule has 3 rings (SSSR count). The maximum absolute atomic E-state index is 14.5. The van der Waals surface area contributed by atoms with Gasteiger partial charge in [-0.3, -0.25) is 4.79 Å². The van der Waals surface area contributed by atoms with Crippen LogP contribution in [-0.4, -0.2) is 148 Å². The van der Waals surface area contributed by atoms with E-state index in [1.165, 1.54) is 14.0 Å². The van der Waals surface area contributed by atoms with Crippen molar-refractivity contribution in [3.8, 4) is 0 Å². The topological polar surface area (TPSA) is 167 Å². The summed E-state index contributed by atoms with van der Waals surface area (Å²) in [5.74, 6) is -3.51. The molecule has 16 heteroatoms. The molecule has 0 bridgehead atoms. The molecule has 0 aromatic rings. The van der Waals surface area contributed by atoms with Gasteiger partial charge in [-0.2, -0.15) is 0 Å². The summed E-state index contributed by atoms with van der Waals surface area (Å²) in [4.78, 5) is 22.0. The molecule has 17 atom stereocenters. The molecule has 0 spiro atoms. The summed E-state index contributed by atoms with van der Waals surface area (Å²) >= 11 is 0. The molecular weight excluding hydrogens is 805 g/mol. The quantitative estimate of drug-likeness (QED) is 0.116. The summed E-state index contributed by atoms with van der Waals surface area (Å²) in [6, 6.07) is -0.0451. The molecule has 2 unspecified atom stereocenters. The van der Waals surface area contributed by atoms with Crippen molar-refractivity contribution in [2.24, 2.45) is 34.2 Å². The molecule has 14 nitrogen and oxygen atoms in total. The van der Waals surface area contributed by atoms with Gasteiger partial charge in [-0.1, -0.05) is 46.7 Å². The van der Waals surface area contributed by atoms with E-state index in [-0.39, 0.29) is 42.6 Å². The molecule has 0 saturated carbocycles. The molecule has 3 saturated heterocycles. The van der Waals surface area contributed by atoms with Crippen molar-refractivity contribution in [3.05, 3.63) is 0 Å². The molecule has 3 fully saturated rings. The molecule has 0 radical (unpaired) electrons. The average molecular weight is 891 g/mol. The second-order valence-electron chi connectivity index (χ2n) is 21.7. The highest BCUT2D eigenvalue weighted by Gasteiger charge is 2.54. The predicted molar refractivity (Wildman–Crippen MR) is 238 cm³/mol. The fourth-order valence-corrected chi connectivity index (χ4v) is 12.2.